The van der Waals surface area contributed by atoms with Crippen molar-refractivity contribution in [3.63, 3.8) is 0 Å². The monoisotopic (exact) mass is 749 g/mol. The Morgan fingerprint density at radius 1 is 0.854 bits per heavy atom. The highest BCUT2D eigenvalue weighted by Gasteiger charge is 2.35. The van der Waals surface area contributed by atoms with Crippen LogP contribution in [0.4, 0.5) is 5.69 Å². The van der Waals surface area contributed by atoms with E-state index in [0.29, 0.717) is 10.7 Å². The van der Waals surface area contributed by atoms with Gasteiger partial charge in [-0.3, -0.25) is 13.9 Å². The lowest BCUT2D eigenvalue weighted by molar-refractivity contribution is -0.140. The Bertz CT molecular complexity index is 1810. The Morgan fingerprint density at radius 3 is 2.17 bits per heavy atom. The molecule has 0 radical (unpaired) electrons. The molecule has 1 saturated carbocycles. The Morgan fingerprint density at radius 2 is 1.52 bits per heavy atom. The van der Waals surface area contributed by atoms with E-state index in [1.807, 2.05) is 74.5 Å². The van der Waals surface area contributed by atoms with Crippen LogP contribution in [0.15, 0.2) is 106 Å². The summed E-state index contributed by atoms with van der Waals surface area (Å²) in [7, 11) is -4.21. The Kier molecular flexibility index (Phi) is 12.0. The largest absolute Gasteiger partial charge is 0.352 e. The molecule has 7 nitrogen and oxygen atoms in total. The van der Waals surface area contributed by atoms with Crippen LogP contribution in [0.5, 0.6) is 0 Å². The van der Waals surface area contributed by atoms with Gasteiger partial charge in [-0.25, -0.2) is 8.42 Å². The average Bonchev–Trinajstić information content (AvgIpc) is 3.08. The van der Waals surface area contributed by atoms with Crippen molar-refractivity contribution in [1.29, 1.82) is 0 Å². The van der Waals surface area contributed by atoms with Crippen LogP contribution in [0.1, 0.15) is 54.4 Å². The fourth-order valence-corrected chi connectivity index (χ4v) is 7.82. The predicted octanol–water partition coefficient (Wildman–Crippen LogP) is 8.00. The summed E-state index contributed by atoms with van der Waals surface area (Å²) in [6, 6.07) is 27.5. The Labute approximate surface area is 297 Å². The van der Waals surface area contributed by atoms with E-state index in [2.05, 4.69) is 21.2 Å². The summed E-state index contributed by atoms with van der Waals surface area (Å²) >= 11 is 9.58. The van der Waals surface area contributed by atoms with E-state index in [4.69, 9.17) is 11.6 Å². The van der Waals surface area contributed by atoms with Crippen molar-refractivity contribution >= 4 is 55.1 Å². The Hall–Kier alpha value is -3.66. The van der Waals surface area contributed by atoms with Gasteiger partial charge in [-0.15, -0.1) is 0 Å². The van der Waals surface area contributed by atoms with Crippen molar-refractivity contribution in [2.24, 2.45) is 0 Å². The number of benzene rings is 4. The minimum absolute atomic E-state index is 0.00765. The molecule has 4 aromatic rings. The van der Waals surface area contributed by atoms with Gasteiger partial charge in [-0.1, -0.05) is 95.3 Å². The highest BCUT2D eigenvalue weighted by atomic mass is 79.9. The van der Waals surface area contributed by atoms with Gasteiger partial charge in [0.1, 0.15) is 12.6 Å². The first-order chi connectivity index (χ1) is 23.0. The number of carbonyl (C=O) groups is 2. The van der Waals surface area contributed by atoms with Crippen molar-refractivity contribution in [1.82, 2.24) is 10.2 Å². The lowest BCUT2D eigenvalue weighted by Gasteiger charge is -2.35. The predicted molar refractivity (Wildman–Crippen MR) is 196 cm³/mol. The molecule has 1 N–H and O–H groups in total. The van der Waals surface area contributed by atoms with Gasteiger partial charge in [0.2, 0.25) is 11.8 Å². The molecule has 48 heavy (non-hydrogen) atoms. The minimum Gasteiger partial charge on any atom is -0.352 e. The van der Waals surface area contributed by atoms with Gasteiger partial charge in [0.15, 0.2) is 0 Å². The van der Waals surface area contributed by atoms with Crippen LogP contribution in [-0.4, -0.2) is 43.8 Å². The van der Waals surface area contributed by atoms with Gasteiger partial charge in [-0.05, 0) is 97.5 Å². The van der Waals surface area contributed by atoms with Crippen molar-refractivity contribution < 1.29 is 18.0 Å². The van der Waals surface area contributed by atoms with E-state index in [1.165, 1.54) is 24.3 Å². The molecular weight excluding hydrogens is 710 g/mol. The molecule has 252 valence electrons. The van der Waals surface area contributed by atoms with Crippen LogP contribution in [0.3, 0.4) is 0 Å². The van der Waals surface area contributed by atoms with E-state index in [1.54, 1.807) is 17.0 Å². The van der Waals surface area contributed by atoms with Gasteiger partial charge >= 0.3 is 0 Å². The van der Waals surface area contributed by atoms with Gasteiger partial charge in [0.25, 0.3) is 10.0 Å². The zero-order valence-electron chi connectivity index (χ0n) is 27.2. The number of nitrogens with one attached hydrogen (secondary N) is 1. The number of aryl methyl sites for hydroxylation is 2. The molecule has 0 spiro atoms. The van der Waals surface area contributed by atoms with Crippen LogP contribution in [0.25, 0.3) is 0 Å². The van der Waals surface area contributed by atoms with Gasteiger partial charge in [-0.2, -0.15) is 0 Å². The van der Waals surface area contributed by atoms with Gasteiger partial charge in [0, 0.05) is 28.5 Å². The molecule has 0 heterocycles. The fraction of sp³-hybridized carbons (Fsp3) is 0.316. The summed E-state index contributed by atoms with van der Waals surface area (Å²) in [5, 5.41) is 3.64. The molecule has 0 aliphatic heterocycles. The topological polar surface area (TPSA) is 86.8 Å². The maximum absolute atomic E-state index is 14.7. The molecule has 0 unspecified atom stereocenters. The normalized spacial score (nSPS) is 14.2. The first kappa shape index (κ1) is 35.6. The highest BCUT2D eigenvalue weighted by molar-refractivity contribution is 9.10. The molecule has 1 aliphatic carbocycles. The summed E-state index contributed by atoms with van der Waals surface area (Å²) in [6.45, 7) is 3.45. The van der Waals surface area contributed by atoms with Crippen molar-refractivity contribution in [2.75, 3.05) is 10.8 Å². The third-order valence-corrected chi connectivity index (χ3v) is 11.5. The summed E-state index contributed by atoms with van der Waals surface area (Å²) < 4.78 is 30.6. The van der Waals surface area contributed by atoms with E-state index in [9.17, 15) is 18.0 Å². The smallest absolute Gasteiger partial charge is 0.264 e. The number of hydrogen-bond acceptors (Lipinski definition) is 4. The first-order valence-corrected chi connectivity index (χ1v) is 18.9. The first-order valence-electron chi connectivity index (χ1n) is 16.2. The summed E-state index contributed by atoms with van der Waals surface area (Å²) in [6.07, 6.45) is 5.29. The quantitative estimate of drug-likeness (QED) is 0.159. The molecule has 0 bridgehead atoms. The van der Waals surface area contributed by atoms with Gasteiger partial charge < -0.3 is 10.2 Å². The van der Waals surface area contributed by atoms with Crippen molar-refractivity contribution in [2.45, 2.75) is 75.9 Å². The maximum atomic E-state index is 14.7. The lowest BCUT2D eigenvalue weighted by atomic mass is 9.94. The number of halogens is 2. The van der Waals surface area contributed by atoms with Crippen LogP contribution in [0.2, 0.25) is 5.02 Å². The van der Waals surface area contributed by atoms with E-state index >= 15 is 0 Å². The summed E-state index contributed by atoms with van der Waals surface area (Å²) in [4.78, 5) is 30.5. The fourth-order valence-electron chi connectivity index (χ4n) is 6.03. The second-order valence-corrected chi connectivity index (χ2v) is 15.6. The molecule has 1 atom stereocenters. The number of hydrogen-bond donors (Lipinski definition) is 1. The number of anilines is 1. The van der Waals surface area contributed by atoms with Crippen LogP contribution >= 0.6 is 27.5 Å². The number of sulfonamides is 1. The Balaban J connectivity index is 1.57. The SMILES string of the molecule is Cc1ccc(N(CC(=O)N(Cc2ccc(Br)cc2)[C@H](Cc2ccccc2)C(=O)NC2CCCCC2)S(=O)(=O)c2ccc(Cl)cc2)cc1C. The van der Waals surface area contributed by atoms with E-state index < -0.39 is 28.5 Å². The van der Waals surface area contributed by atoms with Crippen molar-refractivity contribution in [3.8, 4) is 0 Å². The third-order valence-electron chi connectivity index (χ3n) is 8.95. The van der Waals surface area contributed by atoms with E-state index in [0.717, 1.165) is 63.1 Å². The molecular formula is C38H41BrClN3O4S. The molecule has 5 rings (SSSR count). The van der Waals surface area contributed by atoms with E-state index in [-0.39, 0.29) is 29.8 Å². The zero-order valence-corrected chi connectivity index (χ0v) is 30.4. The minimum atomic E-state index is -4.21. The lowest BCUT2D eigenvalue weighted by Crippen LogP contribution is -2.55. The maximum Gasteiger partial charge on any atom is 0.264 e. The molecule has 10 heteroatoms. The second kappa shape index (κ2) is 16.2. The molecule has 0 aromatic heterocycles. The zero-order chi connectivity index (χ0) is 34.3. The molecule has 1 aliphatic rings. The molecule has 2 amide bonds. The number of rotatable bonds is 12. The number of amides is 2. The third kappa shape index (κ3) is 9.07. The standard InChI is InChI=1S/C38H41BrClN3O4S/c1-27-13-20-34(23-28(27)2)43(48(46,47)35-21-18-32(40)19-22-35)26-37(44)42(25-30-14-16-31(39)17-15-30)36(24-29-9-5-3-6-10-29)38(45)41-33-11-7-4-8-12-33/h3,5-6,9-10,13-23,33,36H,4,7-8,11-12,24-26H2,1-2H3,(H,41,45)/t36-/m1/s1. The van der Waals surface area contributed by atoms with Crippen LogP contribution in [0, 0.1) is 13.8 Å². The second-order valence-electron chi connectivity index (χ2n) is 12.4. The molecule has 0 saturated heterocycles. The molecule has 4 aromatic carbocycles. The van der Waals surface area contributed by atoms with Gasteiger partial charge in [0.05, 0.1) is 10.6 Å². The average molecular weight is 751 g/mol. The number of carbonyl (C=O) groups excluding carboxylic acids is 2. The van der Waals surface area contributed by atoms with Crippen LogP contribution in [-0.2, 0) is 32.6 Å². The summed E-state index contributed by atoms with van der Waals surface area (Å²) in [5.74, 6) is -0.733. The molecule has 1 fully saturated rings. The highest BCUT2D eigenvalue weighted by Crippen LogP contribution is 2.28. The summed E-state index contributed by atoms with van der Waals surface area (Å²) in [5.41, 5.74) is 3.95. The van der Waals surface area contributed by atoms with Crippen LogP contribution < -0.4 is 9.62 Å². The number of nitrogens with zero attached hydrogens (tertiary/aromatic N) is 2. The van der Waals surface area contributed by atoms with Crippen molar-refractivity contribution in [3.05, 3.63) is 129 Å².